The molecule has 4 rings (SSSR count). The highest BCUT2D eigenvalue weighted by atomic mass is 32.1. The van der Waals surface area contributed by atoms with Crippen molar-refractivity contribution in [2.24, 2.45) is 0 Å². The molecule has 0 fully saturated rings. The Morgan fingerprint density at radius 2 is 2.07 bits per heavy atom. The minimum Gasteiger partial charge on any atom is -0.378 e. The Bertz CT molecular complexity index is 1140. The molecule has 0 aliphatic rings. The second-order valence-electron chi connectivity index (χ2n) is 6.57. The van der Waals surface area contributed by atoms with E-state index in [-0.39, 0.29) is 12.5 Å². The highest BCUT2D eigenvalue weighted by molar-refractivity contribution is 7.13. The average Bonchev–Trinajstić information content (AvgIpc) is 3.44. The number of nitrogens with one attached hydrogen (secondary N) is 1. The summed E-state index contributed by atoms with van der Waals surface area (Å²) >= 11 is 1.61. The van der Waals surface area contributed by atoms with Gasteiger partial charge in [0.1, 0.15) is 0 Å². The smallest absolute Gasteiger partial charge is 0.255 e. The quantitative estimate of drug-likeness (QED) is 0.493. The number of aryl methyl sites for hydroxylation is 1. The fourth-order valence-electron chi connectivity index (χ4n) is 2.99. The molecule has 0 spiro atoms. The van der Waals surface area contributed by atoms with Crippen LogP contribution in [0.1, 0.15) is 27.2 Å². The van der Waals surface area contributed by atoms with Crippen molar-refractivity contribution in [1.29, 1.82) is 0 Å². The van der Waals surface area contributed by atoms with Gasteiger partial charge < -0.3 is 10.1 Å². The van der Waals surface area contributed by atoms with Crippen LogP contribution in [0.2, 0.25) is 0 Å². The highest BCUT2D eigenvalue weighted by Gasteiger charge is 2.20. The zero-order valence-electron chi connectivity index (χ0n) is 16.6. The van der Waals surface area contributed by atoms with Crippen LogP contribution in [0.15, 0.2) is 54.4 Å². The summed E-state index contributed by atoms with van der Waals surface area (Å²) in [5.74, 6) is 0.153. The van der Waals surface area contributed by atoms with Crippen LogP contribution in [0.3, 0.4) is 0 Å². The Hall–Kier alpha value is -3.43. The van der Waals surface area contributed by atoms with E-state index in [1.54, 1.807) is 41.7 Å². The first-order valence-electron chi connectivity index (χ1n) is 9.28. The van der Waals surface area contributed by atoms with E-state index in [1.165, 1.54) is 6.20 Å². The van der Waals surface area contributed by atoms with E-state index in [9.17, 15) is 4.79 Å². The van der Waals surface area contributed by atoms with Crippen molar-refractivity contribution in [3.05, 3.63) is 76.8 Å². The van der Waals surface area contributed by atoms with E-state index < -0.39 is 0 Å². The molecule has 0 aromatic carbocycles. The summed E-state index contributed by atoms with van der Waals surface area (Å²) in [7, 11) is 1.57. The van der Waals surface area contributed by atoms with Crippen molar-refractivity contribution in [2.45, 2.75) is 20.1 Å². The summed E-state index contributed by atoms with van der Waals surface area (Å²) in [4.78, 5) is 26.9. The number of nitrogens with zero attached hydrogens (tertiary/aromatic N) is 5. The molecule has 8 nitrogen and oxygen atoms in total. The number of carbonyl (C=O) groups excluding carboxylic acids is 1. The van der Waals surface area contributed by atoms with Crippen LogP contribution < -0.4 is 5.32 Å². The molecule has 0 radical (unpaired) electrons. The van der Waals surface area contributed by atoms with Gasteiger partial charge in [-0.1, -0.05) is 6.07 Å². The minimum atomic E-state index is -0.240. The van der Waals surface area contributed by atoms with E-state index in [0.29, 0.717) is 23.8 Å². The summed E-state index contributed by atoms with van der Waals surface area (Å²) < 4.78 is 6.88. The van der Waals surface area contributed by atoms with Gasteiger partial charge in [-0.25, -0.2) is 9.97 Å². The SMILES string of the molecule is COCc1c(C(=O)NCc2ccncc2)cnn1-c1ncc(C)c(-c2cccs2)n1. The summed E-state index contributed by atoms with van der Waals surface area (Å²) in [5, 5.41) is 9.29. The average molecular weight is 420 g/mol. The number of pyridine rings is 1. The normalized spacial score (nSPS) is 10.9. The molecule has 0 aliphatic heterocycles. The van der Waals surface area contributed by atoms with Crippen molar-refractivity contribution in [3.63, 3.8) is 0 Å². The van der Waals surface area contributed by atoms with Crippen LogP contribution in [0.25, 0.3) is 16.5 Å². The zero-order valence-corrected chi connectivity index (χ0v) is 17.4. The lowest BCUT2D eigenvalue weighted by Gasteiger charge is -2.10. The third-order valence-electron chi connectivity index (χ3n) is 4.50. The lowest BCUT2D eigenvalue weighted by molar-refractivity contribution is 0.0945. The van der Waals surface area contributed by atoms with Gasteiger partial charge in [-0.3, -0.25) is 9.78 Å². The van der Waals surface area contributed by atoms with Crippen molar-refractivity contribution in [3.8, 4) is 16.5 Å². The van der Waals surface area contributed by atoms with Gasteiger partial charge in [-0.05, 0) is 41.6 Å². The Kier molecular flexibility index (Phi) is 5.92. The maximum Gasteiger partial charge on any atom is 0.255 e. The Labute approximate surface area is 177 Å². The van der Waals surface area contributed by atoms with E-state index in [2.05, 4.69) is 20.4 Å². The third-order valence-corrected chi connectivity index (χ3v) is 5.38. The van der Waals surface area contributed by atoms with Crippen LogP contribution in [-0.4, -0.2) is 37.7 Å². The second kappa shape index (κ2) is 8.93. The Morgan fingerprint density at radius 1 is 1.23 bits per heavy atom. The zero-order chi connectivity index (χ0) is 20.9. The standard InChI is InChI=1S/C21H20N6O2S/c1-14-10-24-21(26-19(14)18-4-3-9-30-18)27-17(13-29-2)16(12-25-27)20(28)23-11-15-5-7-22-8-6-15/h3-10,12H,11,13H2,1-2H3,(H,23,28). The Balaban J connectivity index is 1.64. The molecule has 4 aromatic rings. The summed E-state index contributed by atoms with van der Waals surface area (Å²) in [5.41, 5.74) is 3.79. The molecule has 0 bridgehead atoms. The number of thiophene rings is 1. The lowest BCUT2D eigenvalue weighted by atomic mass is 10.2. The number of hydrogen-bond acceptors (Lipinski definition) is 7. The monoisotopic (exact) mass is 420 g/mol. The first-order valence-corrected chi connectivity index (χ1v) is 10.2. The van der Waals surface area contributed by atoms with Gasteiger partial charge in [0.05, 0.1) is 34.6 Å². The molecule has 4 aromatic heterocycles. The van der Waals surface area contributed by atoms with Crippen molar-refractivity contribution in [1.82, 2.24) is 30.0 Å². The van der Waals surface area contributed by atoms with Gasteiger partial charge in [0.15, 0.2) is 0 Å². The van der Waals surface area contributed by atoms with Gasteiger partial charge in [-0.15, -0.1) is 11.3 Å². The van der Waals surface area contributed by atoms with Gasteiger partial charge >= 0.3 is 0 Å². The van der Waals surface area contributed by atoms with Gasteiger partial charge in [0.25, 0.3) is 11.9 Å². The molecule has 0 unspecified atom stereocenters. The molecule has 0 saturated heterocycles. The highest BCUT2D eigenvalue weighted by Crippen LogP contribution is 2.26. The maximum absolute atomic E-state index is 12.8. The van der Waals surface area contributed by atoms with Gasteiger partial charge in [0.2, 0.25) is 0 Å². The number of ether oxygens (including phenoxy) is 1. The van der Waals surface area contributed by atoms with E-state index in [0.717, 1.165) is 21.7 Å². The largest absolute Gasteiger partial charge is 0.378 e. The number of hydrogen-bond donors (Lipinski definition) is 1. The minimum absolute atomic E-state index is 0.198. The predicted molar refractivity (Wildman–Crippen MR) is 113 cm³/mol. The van der Waals surface area contributed by atoms with Crippen LogP contribution >= 0.6 is 11.3 Å². The predicted octanol–water partition coefficient (Wildman–Crippen LogP) is 3.17. The number of rotatable bonds is 7. The van der Waals surface area contributed by atoms with Crippen LogP contribution in [0, 0.1) is 6.92 Å². The summed E-state index contributed by atoms with van der Waals surface area (Å²) in [6, 6.07) is 7.70. The number of aromatic nitrogens is 5. The van der Waals surface area contributed by atoms with Crippen LogP contribution in [0.4, 0.5) is 0 Å². The van der Waals surface area contributed by atoms with Crippen LogP contribution in [0.5, 0.6) is 0 Å². The first kappa shape index (κ1) is 19.9. The maximum atomic E-state index is 12.8. The van der Waals surface area contributed by atoms with Crippen LogP contribution in [-0.2, 0) is 17.9 Å². The molecule has 152 valence electrons. The molecule has 0 aliphatic carbocycles. The number of carbonyl (C=O) groups is 1. The molecule has 9 heteroatoms. The molecule has 0 atom stereocenters. The van der Waals surface area contributed by atoms with Crippen molar-refractivity contribution < 1.29 is 9.53 Å². The van der Waals surface area contributed by atoms with E-state index in [4.69, 9.17) is 9.72 Å². The molecular formula is C21H20N6O2S. The Morgan fingerprint density at radius 3 is 2.80 bits per heavy atom. The molecule has 30 heavy (non-hydrogen) atoms. The van der Waals surface area contributed by atoms with Gasteiger partial charge in [0, 0.05) is 32.2 Å². The third kappa shape index (κ3) is 4.12. The van der Waals surface area contributed by atoms with Crippen molar-refractivity contribution >= 4 is 17.2 Å². The molecule has 1 amide bonds. The van der Waals surface area contributed by atoms with E-state index in [1.807, 2.05) is 36.6 Å². The molecular weight excluding hydrogens is 400 g/mol. The first-order chi connectivity index (χ1) is 14.7. The van der Waals surface area contributed by atoms with E-state index >= 15 is 0 Å². The molecule has 1 N–H and O–H groups in total. The fraction of sp³-hybridized carbons (Fsp3) is 0.190. The number of methoxy groups -OCH3 is 1. The summed E-state index contributed by atoms with van der Waals surface area (Å²) in [6.07, 6.45) is 6.66. The molecule has 4 heterocycles. The van der Waals surface area contributed by atoms with Crippen molar-refractivity contribution in [2.75, 3.05) is 7.11 Å². The molecule has 0 saturated carbocycles. The second-order valence-corrected chi connectivity index (χ2v) is 7.51. The van der Waals surface area contributed by atoms with Gasteiger partial charge in [-0.2, -0.15) is 9.78 Å². The fourth-order valence-corrected chi connectivity index (χ4v) is 3.77. The number of amides is 1. The summed E-state index contributed by atoms with van der Waals surface area (Å²) in [6.45, 7) is 2.56. The topological polar surface area (TPSA) is 94.8 Å². The lowest BCUT2D eigenvalue weighted by Crippen LogP contribution is -2.24.